The summed E-state index contributed by atoms with van der Waals surface area (Å²) < 4.78 is 6.45. The SMILES string of the molecule is CCN(Cc1ccco1)C(CN)c1cc(Cl)ccc1Br. The van der Waals surface area contributed by atoms with Crippen molar-refractivity contribution in [1.82, 2.24) is 4.90 Å². The van der Waals surface area contributed by atoms with E-state index in [-0.39, 0.29) is 6.04 Å². The lowest BCUT2D eigenvalue weighted by atomic mass is 10.1. The number of halogens is 2. The van der Waals surface area contributed by atoms with Crippen molar-refractivity contribution in [3.8, 4) is 0 Å². The van der Waals surface area contributed by atoms with Gasteiger partial charge in [0.2, 0.25) is 0 Å². The van der Waals surface area contributed by atoms with Crippen molar-refractivity contribution in [3.63, 3.8) is 0 Å². The lowest BCUT2D eigenvalue weighted by Crippen LogP contribution is -2.33. The molecule has 0 saturated carbocycles. The van der Waals surface area contributed by atoms with Gasteiger partial charge in [-0.3, -0.25) is 4.90 Å². The van der Waals surface area contributed by atoms with Crippen LogP contribution in [0.25, 0.3) is 0 Å². The van der Waals surface area contributed by atoms with Crippen molar-refractivity contribution in [2.75, 3.05) is 13.1 Å². The van der Waals surface area contributed by atoms with Crippen molar-refractivity contribution < 1.29 is 4.42 Å². The Morgan fingerprint density at radius 2 is 2.20 bits per heavy atom. The van der Waals surface area contributed by atoms with Crippen LogP contribution in [-0.2, 0) is 6.54 Å². The van der Waals surface area contributed by atoms with Gasteiger partial charge in [-0.15, -0.1) is 0 Å². The normalized spacial score (nSPS) is 12.8. The molecule has 2 aromatic rings. The molecule has 0 aliphatic carbocycles. The Morgan fingerprint density at radius 3 is 2.80 bits per heavy atom. The highest BCUT2D eigenvalue weighted by molar-refractivity contribution is 9.10. The number of furan rings is 1. The van der Waals surface area contributed by atoms with E-state index < -0.39 is 0 Å². The summed E-state index contributed by atoms with van der Waals surface area (Å²) in [7, 11) is 0. The summed E-state index contributed by atoms with van der Waals surface area (Å²) in [4.78, 5) is 2.27. The van der Waals surface area contributed by atoms with Gasteiger partial charge in [0.25, 0.3) is 0 Å². The molecular formula is C15H18BrClN2O. The first-order chi connectivity index (χ1) is 9.65. The Morgan fingerprint density at radius 1 is 1.40 bits per heavy atom. The van der Waals surface area contributed by atoms with Gasteiger partial charge in [0.05, 0.1) is 12.8 Å². The van der Waals surface area contributed by atoms with Crippen molar-refractivity contribution >= 4 is 27.5 Å². The van der Waals surface area contributed by atoms with E-state index in [4.69, 9.17) is 21.8 Å². The minimum absolute atomic E-state index is 0.0955. The van der Waals surface area contributed by atoms with Gasteiger partial charge in [-0.25, -0.2) is 0 Å². The summed E-state index contributed by atoms with van der Waals surface area (Å²) in [6.45, 7) is 4.24. The Bertz CT molecular complexity index is 545. The van der Waals surface area contributed by atoms with Crippen molar-refractivity contribution in [3.05, 3.63) is 57.4 Å². The van der Waals surface area contributed by atoms with Crippen LogP contribution >= 0.6 is 27.5 Å². The Balaban J connectivity index is 2.26. The molecule has 0 amide bonds. The van der Waals surface area contributed by atoms with Gasteiger partial charge >= 0.3 is 0 Å². The lowest BCUT2D eigenvalue weighted by molar-refractivity contribution is 0.187. The van der Waals surface area contributed by atoms with E-state index >= 15 is 0 Å². The first kappa shape index (κ1) is 15.6. The van der Waals surface area contributed by atoms with E-state index in [9.17, 15) is 0 Å². The third-order valence-corrected chi connectivity index (χ3v) is 4.28. The monoisotopic (exact) mass is 356 g/mol. The molecule has 0 radical (unpaired) electrons. The predicted octanol–water partition coefficient (Wildman–Crippen LogP) is 4.22. The van der Waals surface area contributed by atoms with Gasteiger partial charge in [-0.2, -0.15) is 0 Å². The molecule has 2 rings (SSSR count). The number of hydrogen-bond acceptors (Lipinski definition) is 3. The molecule has 0 bridgehead atoms. The number of hydrogen-bond donors (Lipinski definition) is 1. The van der Waals surface area contributed by atoms with Crippen LogP contribution in [0.1, 0.15) is 24.3 Å². The number of benzene rings is 1. The zero-order valence-corrected chi connectivity index (χ0v) is 13.7. The zero-order valence-electron chi connectivity index (χ0n) is 11.4. The standard InChI is InChI=1S/C15H18BrClN2O/c1-2-19(10-12-4-3-7-20-12)15(9-18)13-8-11(17)5-6-14(13)16/h3-8,15H,2,9-10,18H2,1H3. The summed E-state index contributed by atoms with van der Waals surface area (Å²) in [5, 5.41) is 0.718. The van der Waals surface area contributed by atoms with Crippen molar-refractivity contribution in [2.45, 2.75) is 19.5 Å². The van der Waals surface area contributed by atoms with E-state index in [0.29, 0.717) is 6.54 Å². The highest BCUT2D eigenvalue weighted by Gasteiger charge is 2.21. The predicted molar refractivity (Wildman–Crippen MR) is 85.7 cm³/mol. The minimum Gasteiger partial charge on any atom is -0.468 e. The van der Waals surface area contributed by atoms with Crippen LogP contribution in [0.5, 0.6) is 0 Å². The minimum atomic E-state index is 0.0955. The Kier molecular flexibility index (Phi) is 5.66. The van der Waals surface area contributed by atoms with Gasteiger partial charge in [0, 0.05) is 22.1 Å². The third-order valence-electron chi connectivity index (χ3n) is 3.33. The molecule has 0 aliphatic heterocycles. The van der Waals surface area contributed by atoms with Gasteiger partial charge in [-0.1, -0.05) is 34.5 Å². The van der Waals surface area contributed by atoms with E-state index in [1.807, 2.05) is 30.3 Å². The van der Waals surface area contributed by atoms with Crippen LogP contribution in [0, 0.1) is 0 Å². The molecule has 20 heavy (non-hydrogen) atoms. The highest BCUT2D eigenvalue weighted by Crippen LogP contribution is 2.30. The highest BCUT2D eigenvalue weighted by atomic mass is 79.9. The summed E-state index contributed by atoms with van der Waals surface area (Å²) in [6, 6.07) is 9.76. The second kappa shape index (κ2) is 7.27. The molecule has 1 atom stereocenters. The molecule has 2 N–H and O–H groups in total. The number of nitrogens with two attached hydrogens (primary N) is 1. The lowest BCUT2D eigenvalue weighted by Gasteiger charge is -2.30. The molecular weight excluding hydrogens is 340 g/mol. The van der Waals surface area contributed by atoms with Crippen LogP contribution in [0.4, 0.5) is 0 Å². The van der Waals surface area contributed by atoms with Crippen LogP contribution in [0.3, 0.4) is 0 Å². The molecule has 0 fully saturated rings. The first-order valence-corrected chi connectivity index (χ1v) is 7.74. The maximum absolute atomic E-state index is 6.11. The zero-order chi connectivity index (χ0) is 14.5. The molecule has 5 heteroatoms. The van der Waals surface area contributed by atoms with E-state index in [1.54, 1.807) is 6.26 Å². The summed E-state index contributed by atoms with van der Waals surface area (Å²) >= 11 is 9.69. The molecule has 0 spiro atoms. The van der Waals surface area contributed by atoms with Gasteiger partial charge in [-0.05, 0) is 42.4 Å². The summed E-state index contributed by atoms with van der Waals surface area (Å²) in [6.07, 6.45) is 1.69. The molecule has 1 heterocycles. The smallest absolute Gasteiger partial charge is 0.117 e. The average molecular weight is 358 g/mol. The molecule has 0 saturated heterocycles. The fourth-order valence-electron chi connectivity index (χ4n) is 2.29. The maximum atomic E-state index is 6.11. The quantitative estimate of drug-likeness (QED) is 0.842. The number of rotatable bonds is 6. The molecule has 0 aliphatic rings. The van der Waals surface area contributed by atoms with E-state index in [2.05, 4.69) is 27.8 Å². The molecule has 108 valence electrons. The molecule has 3 nitrogen and oxygen atoms in total. The fraction of sp³-hybridized carbons (Fsp3) is 0.333. The average Bonchev–Trinajstić information content (AvgIpc) is 2.95. The van der Waals surface area contributed by atoms with E-state index in [0.717, 1.165) is 33.9 Å². The molecule has 1 aromatic heterocycles. The number of nitrogens with zero attached hydrogens (tertiary/aromatic N) is 1. The first-order valence-electron chi connectivity index (χ1n) is 6.57. The fourth-order valence-corrected chi connectivity index (χ4v) is 2.98. The van der Waals surface area contributed by atoms with Crippen LogP contribution in [0.2, 0.25) is 5.02 Å². The largest absolute Gasteiger partial charge is 0.468 e. The maximum Gasteiger partial charge on any atom is 0.117 e. The second-order valence-corrected chi connectivity index (χ2v) is 5.85. The van der Waals surface area contributed by atoms with Crippen LogP contribution in [0.15, 0.2) is 45.5 Å². The van der Waals surface area contributed by atoms with Crippen molar-refractivity contribution in [2.24, 2.45) is 5.73 Å². The topological polar surface area (TPSA) is 42.4 Å². The van der Waals surface area contributed by atoms with Crippen molar-refractivity contribution in [1.29, 1.82) is 0 Å². The van der Waals surface area contributed by atoms with Gasteiger partial charge in [0.15, 0.2) is 0 Å². The van der Waals surface area contributed by atoms with E-state index in [1.165, 1.54) is 0 Å². The van der Waals surface area contributed by atoms with Crippen LogP contribution in [-0.4, -0.2) is 18.0 Å². The van der Waals surface area contributed by atoms with Gasteiger partial charge in [0.1, 0.15) is 5.76 Å². The van der Waals surface area contributed by atoms with Gasteiger partial charge < -0.3 is 10.2 Å². The Hall–Kier alpha value is -0.810. The number of likely N-dealkylation sites (N-methyl/N-ethyl adjacent to an activating group) is 1. The summed E-state index contributed by atoms with van der Waals surface area (Å²) in [5.74, 6) is 0.934. The molecule has 1 aromatic carbocycles. The Labute approximate surface area is 132 Å². The third kappa shape index (κ3) is 3.64. The van der Waals surface area contributed by atoms with Crippen LogP contribution < -0.4 is 5.73 Å². The molecule has 1 unspecified atom stereocenters. The summed E-state index contributed by atoms with van der Waals surface area (Å²) in [5.41, 5.74) is 7.10. The second-order valence-electron chi connectivity index (χ2n) is 4.56.